The first-order valence-electron chi connectivity index (χ1n) is 9.47. The molecule has 0 aliphatic carbocycles. The van der Waals surface area contributed by atoms with Gasteiger partial charge in [0.15, 0.2) is 0 Å². The molecule has 0 radical (unpaired) electrons. The lowest BCUT2D eigenvalue weighted by atomic mass is 10.1. The van der Waals surface area contributed by atoms with Gasteiger partial charge in [0, 0.05) is 10.6 Å². The Hall–Kier alpha value is -3.32. The zero-order valence-electron chi connectivity index (χ0n) is 16.8. The maximum atomic E-state index is 12.7. The van der Waals surface area contributed by atoms with Crippen LogP contribution in [0.1, 0.15) is 23.7 Å². The van der Waals surface area contributed by atoms with Gasteiger partial charge in [0.1, 0.15) is 17.6 Å². The molecule has 1 aromatic heterocycles. The molecule has 1 unspecified atom stereocenters. The van der Waals surface area contributed by atoms with Gasteiger partial charge in [-0.3, -0.25) is 9.59 Å². The Labute approximate surface area is 179 Å². The molecular formula is C22H21ClN4O3. The second kappa shape index (κ2) is 7.84. The maximum absolute atomic E-state index is 12.7. The van der Waals surface area contributed by atoms with E-state index in [1.165, 1.54) is 0 Å². The lowest BCUT2D eigenvalue weighted by Gasteiger charge is -2.13. The number of anilines is 2. The summed E-state index contributed by atoms with van der Waals surface area (Å²) in [5.41, 5.74) is 4.04. The van der Waals surface area contributed by atoms with Crippen molar-refractivity contribution in [3.05, 3.63) is 58.7 Å². The Morgan fingerprint density at radius 2 is 1.97 bits per heavy atom. The summed E-state index contributed by atoms with van der Waals surface area (Å²) in [5.74, 6) is 0.586. The molecule has 2 N–H and O–H groups in total. The minimum Gasteiger partial charge on any atom is -0.495 e. The standard InChI is InChI=1S/C22H21ClN4O3/c1-12-4-9-18(30-3)16(10-12)24-19(28)11-17-22(29)25-21-20(13(2)26-27(17)21)14-5-7-15(23)8-6-14/h4-10,17H,11H2,1-3H3,(H,24,28)(H,25,29). The van der Waals surface area contributed by atoms with E-state index in [0.29, 0.717) is 22.3 Å². The van der Waals surface area contributed by atoms with Crippen LogP contribution in [-0.2, 0) is 9.59 Å². The van der Waals surface area contributed by atoms with Crippen LogP contribution >= 0.6 is 11.6 Å². The Morgan fingerprint density at radius 1 is 1.23 bits per heavy atom. The number of aryl methyl sites for hydroxylation is 2. The molecule has 3 aromatic rings. The van der Waals surface area contributed by atoms with Crippen molar-refractivity contribution in [3.8, 4) is 16.9 Å². The van der Waals surface area contributed by atoms with Crippen LogP contribution in [0.5, 0.6) is 5.75 Å². The third kappa shape index (κ3) is 3.64. The number of fused-ring (bicyclic) bond motifs is 1. The summed E-state index contributed by atoms with van der Waals surface area (Å²) in [6.45, 7) is 3.80. The van der Waals surface area contributed by atoms with Crippen LogP contribution in [-0.4, -0.2) is 28.7 Å². The van der Waals surface area contributed by atoms with E-state index in [2.05, 4.69) is 15.7 Å². The van der Waals surface area contributed by atoms with Gasteiger partial charge >= 0.3 is 0 Å². The zero-order valence-corrected chi connectivity index (χ0v) is 17.6. The third-order valence-corrected chi connectivity index (χ3v) is 5.32. The summed E-state index contributed by atoms with van der Waals surface area (Å²) in [5, 5.41) is 10.9. The van der Waals surface area contributed by atoms with E-state index in [4.69, 9.17) is 16.3 Å². The SMILES string of the molecule is COc1ccc(C)cc1NC(=O)CC1C(=O)Nc2c(-c3ccc(Cl)cc3)c(C)nn21. The van der Waals surface area contributed by atoms with Crippen molar-refractivity contribution in [1.82, 2.24) is 9.78 Å². The molecule has 2 aromatic carbocycles. The van der Waals surface area contributed by atoms with Crippen LogP contribution in [0.3, 0.4) is 0 Å². The maximum Gasteiger partial charge on any atom is 0.251 e. The Morgan fingerprint density at radius 3 is 2.67 bits per heavy atom. The molecular weight excluding hydrogens is 404 g/mol. The number of hydrogen-bond donors (Lipinski definition) is 2. The molecule has 0 fully saturated rings. The van der Waals surface area contributed by atoms with Crippen LogP contribution in [0.15, 0.2) is 42.5 Å². The monoisotopic (exact) mass is 424 g/mol. The largest absolute Gasteiger partial charge is 0.495 e. The number of rotatable bonds is 5. The quantitative estimate of drug-likeness (QED) is 0.637. The zero-order chi connectivity index (χ0) is 21.4. The second-order valence-corrected chi connectivity index (χ2v) is 7.66. The molecule has 7 nitrogen and oxygen atoms in total. The molecule has 8 heteroatoms. The number of carbonyl (C=O) groups excluding carboxylic acids is 2. The molecule has 0 saturated heterocycles. The van der Waals surface area contributed by atoms with Gasteiger partial charge < -0.3 is 15.4 Å². The minimum absolute atomic E-state index is 0.0445. The minimum atomic E-state index is -0.726. The Bertz CT molecular complexity index is 1140. The van der Waals surface area contributed by atoms with Crippen molar-refractivity contribution in [2.24, 2.45) is 0 Å². The summed E-state index contributed by atoms with van der Waals surface area (Å²) in [6, 6.07) is 12.1. The smallest absolute Gasteiger partial charge is 0.251 e. The number of halogens is 1. The number of nitrogens with one attached hydrogen (secondary N) is 2. The van der Waals surface area contributed by atoms with Gasteiger partial charge in [0.05, 0.1) is 24.9 Å². The second-order valence-electron chi connectivity index (χ2n) is 7.22. The molecule has 0 bridgehead atoms. The lowest BCUT2D eigenvalue weighted by Crippen LogP contribution is -2.24. The molecule has 30 heavy (non-hydrogen) atoms. The number of ether oxygens (including phenoxy) is 1. The van der Waals surface area contributed by atoms with Crippen LogP contribution in [0.25, 0.3) is 11.1 Å². The third-order valence-electron chi connectivity index (χ3n) is 5.07. The van der Waals surface area contributed by atoms with Crippen LogP contribution in [0.2, 0.25) is 5.02 Å². The van der Waals surface area contributed by atoms with Gasteiger partial charge in [-0.05, 0) is 49.2 Å². The number of carbonyl (C=O) groups is 2. The van der Waals surface area contributed by atoms with Crippen molar-refractivity contribution in [2.45, 2.75) is 26.3 Å². The number of aromatic nitrogens is 2. The van der Waals surface area contributed by atoms with Crippen molar-refractivity contribution >= 4 is 34.9 Å². The fraction of sp³-hybridized carbons (Fsp3) is 0.227. The highest BCUT2D eigenvalue weighted by Crippen LogP contribution is 2.38. The lowest BCUT2D eigenvalue weighted by molar-refractivity contribution is -0.123. The molecule has 2 heterocycles. The molecule has 1 atom stereocenters. The van der Waals surface area contributed by atoms with Gasteiger partial charge in [-0.1, -0.05) is 29.8 Å². The topological polar surface area (TPSA) is 85.2 Å². The van der Waals surface area contributed by atoms with E-state index in [0.717, 1.165) is 22.4 Å². The average Bonchev–Trinajstić information content (AvgIpc) is 3.17. The van der Waals surface area contributed by atoms with E-state index in [1.807, 2.05) is 38.1 Å². The summed E-state index contributed by atoms with van der Waals surface area (Å²) in [6.07, 6.45) is -0.0445. The van der Waals surface area contributed by atoms with Crippen LogP contribution in [0.4, 0.5) is 11.5 Å². The normalized spacial score (nSPS) is 14.9. The fourth-order valence-electron chi connectivity index (χ4n) is 3.64. The van der Waals surface area contributed by atoms with E-state index in [1.54, 1.807) is 30.0 Å². The first kappa shape index (κ1) is 20.0. The van der Waals surface area contributed by atoms with Gasteiger partial charge in [-0.15, -0.1) is 0 Å². The first-order valence-corrected chi connectivity index (χ1v) is 9.85. The molecule has 1 aliphatic rings. The molecule has 154 valence electrons. The summed E-state index contributed by atoms with van der Waals surface area (Å²) in [7, 11) is 1.54. The predicted molar refractivity (Wildman–Crippen MR) is 116 cm³/mol. The average molecular weight is 425 g/mol. The highest BCUT2D eigenvalue weighted by Gasteiger charge is 2.36. The highest BCUT2D eigenvalue weighted by atomic mass is 35.5. The van der Waals surface area contributed by atoms with Crippen molar-refractivity contribution in [1.29, 1.82) is 0 Å². The van der Waals surface area contributed by atoms with Crippen molar-refractivity contribution < 1.29 is 14.3 Å². The predicted octanol–water partition coefficient (Wildman–Crippen LogP) is 4.35. The first-order chi connectivity index (χ1) is 14.4. The number of methoxy groups -OCH3 is 1. The van der Waals surface area contributed by atoms with Crippen molar-refractivity contribution in [3.63, 3.8) is 0 Å². The van der Waals surface area contributed by atoms with Gasteiger partial charge in [0.2, 0.25) is 5.91 Å². The summed E-state index contributed by atoms with van der Waals surface area (Å²) >= 11 is 5.99. The molecule has 0 spiro atoms. The number of amides is 2. The van der Waals surface area contributed by atoms with Gasteiger partial charge in [0.25, 0.3) is 5.91 Å². The molecule has 1 aliphatic heterocycles. The Kier molecular flexibility index (Phi) is 5.22. The number of hydrogen-bond acceptors (Lipinski definition) is 4. The fourth-order valence-corrected chi connectivity index (χ4v) is 3.77. The van der Waals surface area contributed by atoms with Crippen LogP contribution in [0, 0.1) is 13.8 Å². The molecule has 2 amide bonds. The summed E-state index contributed by atoms with van der Waals surface area (Å²) < 4.78 is 6.90. The van der Waals surface area contributed by atoms with Gasteiger partial charge in [-0.2, -0.15) is 5.10 Å². The van der Waals surface area contributed by atoms with E-state index in [-0.39, 0.29) is 18.2 Å². The number of nitrogens with zero attached hydrogens (tertiary/aromatic N) is 2. The Balaban J connectivity index is 1.58. The summed E-state index contributed by atoms with van der Waals surface area (Å²) in [4.78, 5) is 25.3. The highest BCUT2D eigenvalue weighted by molar-refractivity contribution is 6.30. The molecule has 0 saturated carbocycles. The molecule has 4 rings (SSSR count). The van der Waals surface area contributed by atoms with Crippen LogP contribution < -0.4 is 15.4 Å². The van der Waals surface area contributed by atoms with E-state index >= 15 is 0 Å². The van der Waals surface area contributed by atoms with Crippen molar-refractivity contribution in [2.75, 3.05) is 17.7 Å². The number of benzene rings is 2. The van der Waals surface area contributed by atoms with E-state index < -0.39 is 6.04 Å². The van der Waals surface area contributed by atoms with E-state index in [9.17, 15) is 9.59 Å². The van der Waals surface area contributed by atoms with Gasteiger partial charge in [-0.25, -0.2) is 4.68 Å².